The van der Waals surface area contributed by atoms with E-state index in [0.29, 0.717) is 18.5 Å². The van der Waals surface area contributed by atoms with E-state index in [1.54, 1.807) is 6.07 Å². The third kappa shape index (κ3) is 5.94. The van der Waals surface area contributed by atoms with Crippen LogP contribution in [-0.4, -0.2) is 24.1 Å². The molecule has 2 nitrogen and oxygen atoms in total. The summed E-state index contributed by atoms with van der Waals surface area (Å²) in [5.74, 6) is -0.243. The van der Waals surface area contributed by atoms with Gasteiger partial charge in [0.1, 0.15) is 5.82 Å². The molecule has 1 rings (SSSR count). The average Bonchev–Trinajstić information content (AvgIpc) is 2.27. The van der Waals surface area contributed by atoms with Gasteiger partial charge in [-0.25, -0.2) is 4.39 Å². The summed E-state index contributed by atoms with van der Waals surface area (Å²) in [5, 5.41) is 0.631. The van der Waals surface area contributed by atoms with Crippen molar-refractivity contribution in [3.8, 4) is 0 Å². The van der Waals surface area contributed by atoms with Crippen LogP contribution in [-0.2, 0) is 9.47 Å². The van der Waals surface area contributed by atoms with Crippen molar-refractivity contribution in [3.05, 3.63) is 35.6 Å². The summed E-state index contributed by atoms with van der Waals surface area (Å²) in [4.78, 5) is 0. The van der Waals surface area contributed by atoms with E-state index in [-0.39, 0.29) is 17.5 Å². The minimum Gasteiger partial charge on any atom is -0.373 e. The standard InChI is InChI=1S/C14H20BrFO2/c1-14(2,3)18-8-7-17-13(10-15)11-5-4-6-12(16)9-11/h4-6,9,13H,7-8,10H2,1-3H3. The van der Waals surface area contributed by atoms with Crippen molar-refractivity contribution in [2.45, 2.75) is 32.5 Å². The zero-order valence-corrected chi connectivity index (χ0v) is 12.7. The van der Waals surface area contributed by atoms with Gasteiger partial charge in [0.2, 0.25) is 0 Å². The molecule has 1 atom stereocenters. The Kier molecular flexibility index (Phi) is 6.26. The van der Waals surface area contributed by atoms with E-state index in [0.717, 1.165) is 5.56 Å². The number of benzene rings is 1. The maximum atomic E-state index is 13.1. The molecule has 0 heterocycles. The lowest BCUT2D eigenvalue weighted by molar-refractivity contribution is -0.0480. The van der Waals surface area contributed by atoms with E-state index >= 15 is 0 Å². The van der Waals surface area contributed by atoms with Crippen molar-refractivity contribution >= 4 is 15.9 Å². The molecule has 0 radical (unpaired) electrons. The Bertz CT molecular complexity index is 363. The molecule has 0 aliphatic rings. The molecule has 4 heteroatoms. The fraction of sp³-hybridized carbons (Fsp3) is 0.571. The molecule has 1 aromatic carbocycles. The van der Waals surface area contributed by atoms with Crippen LogP contribution in [0.3, 0.4) is 0 Å². The van der Waals surface area contributed by atoms with Gasteiger partial charge in [-0.3, -0.25) is 0 Å². The summed E-state index contributed by atoms with van der Waals surface area (Å²) < 4.78 is 24.4. The summed E-state index contributed by atoms with van der Waals surface area (Å²) >= 11 is 3.38. The first-order valence-electron chi connectivity index (χ1n) is 5.99. The second-order valence-corrected chi connectivity index (χ2v) is 5.68. The molecule has 0 N–H and O–H groups in total. The Morgan fingerprint density at radius 3 is 2.56 bits per heavy atom. The normalized spacial score (nSPS) is 13.6. The molecule has 18 heavy (non-hydrogen) atoms. The van der Waals surface area contributed by atoms with Crippen molar-refractivity contribution in [2.24, 2.45) is 0 Å². The lowest BCUT2D eigenvalue weighted by Gasteiger charge is -2.21. The number of ether oxygens (including phenoxy) is 2. The van der Waals surface area contributed by atoms with Gasteiger partial charge in [0.05, 0.1) is 24.9 Å². The van der Waals surface area contributed by atoms with Crippen LogP contribution in [0, 0.1) is 5.82 Å². The second-order valence-electron chi connectivity index (χ2n) is 5.03. The van der Waals surface area contributed by atoms with Crippen LogP contribution in [0.2, 0.25) is 0 Å². The van der Waals surface area contributed by atoms with Gasteiger partial charge in [-0.1, -0.05) is 28.1 Å². The minimum absolute atomic E-state index is 0.149. The molecule has 0 saturated heterocycles. The molecule has 0 saturated carbocycles. The third-order valence-electron chi connectivity index (χ3n) is 2.30. The van der Waals surface area contributed by atoms with Crippen molar-refractivity contribution in [1.82, 2.24) is 0 Å². The first kappa shape index (κ1) is 15.6. The van der Waals surface area contributed by atoms with E-state index in [1.807, 2.05) is 26.8 Å². The molecule has 0 aromatic heterocycles. The lowest BCUT2D eigenvalue weighted by Crippen LogP contribution is -2.22. The van der Waals surface area contributed by atoms with Crippen LogP contribution in [0.15, 0.2) is 24.3 Å². The molecule has 0 aliphatic heterocycles. The third-order valence-corrected chi connectivity index (χ3v) is 2.89. The average molecular weight is 319 g/mol. The molecular formula is C14H20BrFO2. The minimum atomic E-state index is -0.243. The summed E-state index contributed by atoms with van der Waals surface area (Å²) in [6.07, 6.45) is -0.149. The molecule has 0 spiro atoms. The second kappa shape index (κ2) is 7.22. The van der Waals surface area contributed by atoms with Gasteiger partial charge in [0, 0.05) is 5.33 Å². The SMILES string of the molecule is CC(C)(C)OCCOC(CBr)c1cccc(F)c1. The fourth-order valence-electron chi connectivity index (χ4n) is 1.47. The topological polar surface area (TPSA) is 18.5 Å². The van der Waals surface area contributed by atoms with Gasteiger partial charge >= 0.3 is 0 Å². The van der Waals surface area contributed by atoms with Crippen LogP contribution < -0.4 is 0 Å². The summed E-state index contributed by atoms with van der Waals surface area (Å²) in [5.41, 5.74) is 0.675. The zero-order chi connectivity index (χ0) is 13.6. The molecule has 0 amide bonds. The van der Waals surface area contributed by atoms with Crippen LogP contribution >= 0.6 is 15.9 Å². The van der Waals surface area contributed by atoms with E-state index in [1.165, 1.54) is 12.1 Å². The Morgan fingerprint density at radius 2 is 2.00 bits per heavy atom. The Hall–Kier alpha value is -0.450. The Labute approximate surface area is 117 Å². The summed E-state index contributed by atoms with van der Waals surface area (Å²) in [7, 11) is 0. The molecule has 0 aliphatic carbocycles. The molecule has 0 bridgehead atoms. The van der Waals surface area contributed by atoms with Gasteiger partial charge in [-0.15, -0.1) is 0 Å². The molecule has 1 aromatic rings. The van der Waals surface area contributed by atoms with Crippen LogP contribution in [0.1, 0.15) is 32.4 Å². The van der Waals surface area contributed by atoms with E-state index in [9.17, 15) is 4.39 Å². The molecule has 102 valence electrons. The van der Waals surface area contributed by atoms with Crippen molar-refractivity contribution in [3.63, 3.8) is 0 Å². The Morgan fingerprint density at radius 1 is 1.28 bits per heavy atom. The fourth-order valence-corrected chi connectivity index (χ4v) is 2.04. The highest BCUT2D eigenvalue weighted by Gasteiger charge is 2.13. The predicted octanol–water partition coefficient (Wildman–Crippen LogP) is 4.09. The number of halogens is 2. The van der Waals surface area contributed by atoms with Gasteiger partial charge in [-0.05, 0) is 38.5 Å². The lowest BCUT2D eigenvalue weighted by atomic mass is 10.1. The highest BCUT2D eigenvalue weighted by Crippen LogP contribution is 2.20. The highest BCUT2D eigenvalue weighted by molar-refractivity contribution is 9.09. The first-order chi connectivity index (χ1) is 8.42. The first-order valence-corrected chi connectivity index (χ1v) is 7.11. The summed E-state index contributed by atoms with van der Waals surface area (Å²) in [6, 6.07) is 6.48. The summed E-state index contributed by atoms with van der Waals surface area (Å²) in [6.45, 7) is 7.02. The van der Waals surface area contributed by atoms with Crippen molar-refractivity contribution < 1.29 is 13.9 Å². The van der Waals surface area contributed by atoms with E-state index in [2.05, 4.69) is 15.9 Å². The van der Waals surface area contributed by atoms with Crippen molar-refractivity contribution in [1.29, 1.82) is 0 Å². The van der Waals surface area contributed by atoms with Gasteiger partial charge in [0.15, 0.2) is 0 Å². The number of hydrogen-bond donors (Lipinski definition) is 0. The molecule has 0 fully saturated rings. The van der Waals surface area contributed by atoms with E-state index in [4.69, 9.17) is 9.47 Å². The van der Waals surface area contributed by atoms with Crippen LogP contribution in [0.25, 0.3) is 0 Å². The maximum Gasteiger partial charge on any atom is 0.123 e. The number of rotatable bonds is 6. The van der Waals surface area contributed by atoms with E-state index < -0.39 is 0 Å². The highest BCUT2D eigenvalue weighted by atomic mass is 79.9. The monoisotopic (exact) mass is 318 g/mol. The largest absolute Gasteiger partial charge is 0.373 e. The molecular weight excluding hydrogens is 299 g/mol. The maximum absolute atomic E-state index is 13.1. The van der Waals surface area contributed by atoms with Crippen LogP contribution in [0.4, 0.5) is 4.39 Å². The molecule has 1 unspecified atom stereocenters. The predicted molar refractivity (Wildman–Crippen MR) is 74.6 cm³/mol. The smallest absolute Gasteiger partial charge is 0.123 e. The van der Waals surface area contributed by atoms with Crippen LogP contribution in [0.5, 0.6) is 0 Å². The quantitative estimate of drug-likeness (QED) is 0.581. The van der Waals surface area contributed by atoms with Gasteiger partial charge in [0.25, 0.3) is 0 Å². The zero-order valence-electron chi connectivity index (χ0n) is 11.1. The number of hydrogen-bond acceptors (Lipinski definition) is 2. The van der Waals surface area contributed by atoms with Crippen molar-refractivity contribution in [2.75, 3.05) is 18.5 Å². The Balaban J connectivity index is 2.43. The number of alkyl halides is 1. The van der Waals surface area contributed by atoms with Gasteiger partial charge < -0.3 is 9.47 Å². The van der Waals surface area contributed by atoms with Gasteiger partial charge in [-0.2, -0.15) is 0 Å².